The highest BCUT2D eigenvalue weighted by molar-refractivity contribution is 7.89. The van der Waals surface area contributed by atoms with E-state index in [0.29, 0.717) is 18.1 Å². The second-order valence-corrected chi connectivity index (χ2v) is 8.68. The van der Waals surface area contributed by atoms with Gasteiger partial charge in [0.2, 0.25) is 15.9 Å². The Hall–Kier alpha value is -2.07. The molecule has 2 aromatic carbocycles. The van der Waals surface area contributed by atoms with Crippen molar-refractivity contribution in [2.45, 2.75) is 4.90 Å². The number of piperazine rings is 1. The van der Waals surface area contributed by atoms with Crippen molar-refractivity contribution in [2.24, 2.45) is 0 Å². The molecule has 10 heteroatoms. The summed E-state index contributed by atoms with van der Waals surface area (Å²) in [6.45, 7) is 1.06. The van der Waals surface area contributed by atoms with Crippen LogP contribution in [0.15, 0.2) is 47.4 Å². The van der Waals surface area contributed by atoms with Crippen LogP contribution < -0.4 is 5.32 Å². The SMILES string of the molecule is O=C(CN1CCN(S(=O)(=O)c2ccc(Cl)cc2)CC1)Nc1cc(F)ccc1F. The lowest BCUT2D eigenvalue weighted by Gasteiger charge is -2.33. The molecular formula is C18H18ClF2N3O3S. The topological polar surface area (TPSA) is 69.7 Å². The predicted octanol–water partition coefficient (Wildman–Crippen LogP) is 2.56. The molecule has 0 aromatic heterocycles. The number of benzene rings is 2. The molecule has 1 N–H and O–H groups in total. The molecule has 0 unspecified atom stereocenters. The number of anilines is 1. The number of sulfonamides is 1. The molecule has 0 radical (unpaired) electrons. The van der Waals surface area contributed by atoms with Gasteiger partial charge in [0.05, 0.1) is 17.1 Å². The average Bonchev–Trinajstić information content (AvgIpc) is 2.65. The highest BCUT2D eigenvalue weighted by atomic mass is 35.5. The molecule has 0 bridgehead atoms. The molecule has 0 atom stereocenters. The van der Waals surface area contributed by atoms with Gasteiger partial charge in [0.1, 0.15) is 11.6 Å². The molecule has 2 aromatic rings. The van der Waals surface area contributed by atoms with Crippen LogP contribution in [0.4, 0.5) is 14.5 Å². The Labute approximate surface area is 166 Å². The lowest BCUT2D eigenvalue weighted by molar-refractivity contribution is -0.117. The number of hydrogen-bond donors (Lipinski definition) is 1. The maximum atomic E-state index is 13.6. The molecule has 1 fully saturated rings. The number of carbonyl (C=O) groups is 1. The van der Waals surface area contributed by atoms with Crippen molar-refractivity contribution < 1.29 is 22.0 Å². The number of amides is 1. The molecule has 3 rings (SSSR count). The molecule has 0 spiro atoms. The van der Waals surface area contributed by atoms with Crippen LogP contribution in [-0.2, 0) is 14.8 Å². The summed E-state index contributed by atoms with van der Waals surface area (Å²) in [6.07, 6.45) is 0. The molecule has 1 aliphatic rings. The fraction of sp³-hybridized carbons (Fsp3) is 0.278. The van der Waals surface area contributed by atoms with Crippen LogP contribution in [0.25, 0.3) is 0 Å². The zero-order valence-corrected chi connectivity index (χ0v) is 16.3. The lowest BCUT2D eigenvalue weighted by atomic mass is 10.3. The zero-order chi connectivity index (χ0) is 20.3. The van der Waals surface area contributed by atoms with Crippen molar-refractivity contribution in [3.8, 4) is 0 Å². The molecule has 1 amide bonds. The minimum Gasteiger partial charge on any atom is -0.322 e. The maximum Gasteiger partial charge on any atom is 0.243 e. The van der Waals surface area contributed by atoms with Crippen molar-refractivity contribution in [1.82, 2.24) is 9.21 Å². The Morgan fingerprint density at radius 2 is 1.68 bits per heavy atom. The summed E-state index contributed by atoms with van der Waals surface area (Å²) in [6, 6.07) is 8.73. The Bertz CT molecular complexity index is 963. The summed E-state index contributed by atoms with van der Waals surface area (Å²) in [5.41, 5.74) is -0.228. The van der Waals surface area contributed by atoms with E-state index in [1.807, 2.05) is 0 Å². The quantitative estimate of drug-likeness (QED) is 0.793. The van der Waals surface area contributed by atoms with E-state index in [9.17, 15) is 22.0 Å². The summed E-state index contributed by atoms with van der Waals surface area (Å²) in [7, 11) is -3.63. The molecule has 1 aliphatic heterocycles. The standard InChI is InChI=1S/C18H18ClF2N3O3S/c19-13-1-4-15(5-2-13)28(26,27)24-9-7-23(8-10-24)12-18(25)22-17-11-14(20)3-6-16(17)21/h1-6,11H,7-10,12H2,(H,22,25). The van der Waals surface area contributed by atoms with Gasteiger partial charge in [-0.1, -0.05) is 11.6 Å². The number of nitrogens with one attached hydrogen (secondary N) is 1. The van der Waals surface area contributed by atoms with Crippen molar-refractivity contribution >= 4 is 33.2 Å². The normalized spacial score (nSPS) is 16.1. The third-order valence-corrected chi connectivity index (χ3v) is 6.52. The van der Waals surface area contributed by atoms with Gasteiger partial charge in [-0.2, -0.15) is 4.31 Å². The Balaban J connectivity index is 1.55. The van der Waals surface area contributed by atoms with Crippen LogP contribution in [0.5, 0.6) is 0 Å². The predicted molar refractivity (Wildman–Crippen MR) is 102 cm³/mol. The number of carbonyl (C=O) groups excluding carboxylic acids is 1. The molecule has 1 saturated heterocycles. The fourth-order valence-corrected chi connectivity index (χ4v) is 4.42. The molecule has 0 saturated carbocycles. The number of halogens is 3. The van der Waals surface area contributed by atoms with E-state index in [4.69, 9.17) is 11.6 Å². The average molecular weight is 430 g/mol. The smallest absolute Gasteiger partial charge is 0.243 e. The molecule has 0 aliphatic carbocycles. The van der Waals surface area contributed by atoms with Crippen LogP contribution in [0.2, 0.25) is 5.02 Å². The van der Waals surface area contributed by atoms with Crippen molar-refractivity contribution in [1.29, 1.82) is 0 Å². The van der Waals surface area contributed by atoms with E-state index in [-0.39, 0.29) is 30.2 Å². The van der Waals surface area contributed by atoms with E-state index >= 15 is 0 Å². The van der Waals surface area contributed by atoms with Gasteiger partial charge in [-0.15, -0.1) is 0 Å². The van der Waals surface area contributed by atoms with E-state index in [1.54, 1.807) is 4.90 Å². The minimum absolute atomic E-state index is 0.0508. The number of hydrogen-bond acceptors (Lipinski definition) is 4. The maximum absolute atomic E-state index is 13.6. The first-order valence-corrected chi connectivity index (χ1v) is 10.3. The second-order valence-electron chi connectivity index (χ2n) is 6.31. The summed E-state index contributed by atoms with van der Waals surface area (Å²) in [5, 5.41) is 2.78. The largest absolute Gasteiger partial charge is 0.322 e. The van der Waals surface area contributed by atoms with Crippen LogP contribution in [0.3, 0.4) is 0 Å². The van der Waals surface area contributed by atoms with Gasteiger partial charge < -0.3 is 5.32 Å². The first-order valence-electron chi connectivity index (χ1n) is 8.49. The van der Waals surface area contributed by atoms with Crippen molar-refractivity contribution in [3.63, 3.8) is 0 Å². The van der Waals surface area contributed by atoms with E-state index in [1.165, 1.54) is 28.6 Å². The van der Waals surface area contributed by atoms with Crippen molar-refractivity contribution in [3.05, 3.63) is 59.1 Å². The highest BCUT2D eigenvalue weighted by Gasteiger charge is 2.29. The van der Waals surface area contributed by atoms with Crippen LogP contribution >= 0.6 is 11.6 Å². The fourth-order valence-electron chi connectivity index (χ4n) is 2.87. The van der Waals surface area contributed by atoms with E-state index in [2.05, 4.69) is 5.32 Å². The zero-order valence-electron chi connectivity index (χ0n) is 14.7. The molecule has 28 heavy (non-hydrogen) atoms. The van der Waals surface area contributed by atoms with Crippen molar-refractivity contribution in [2.75, 3.05) is 38.0 Å². The van der Waals surface area contributed by atoms with Gasteiger partial charge in [-0.3, -0.25) is 9.69 Å². The molecule has 1 heterocycles. The first-order chi connectivity index (χ1) is 13.3. The van der Waals surface area contributed by atoms with Crippen LogP contribution in [0.1, 0.15) is 0 Å². The Morgan fingerprint density at radius 3 is 2.32 bits per heavy atom. The first kappa shape index (κ1) is 20.7. The van der Waals surface area contributed by atoms with Gasteiger partial charge in [0.25, 0.3) is 0 Å². The summed E-state index contributed by atoms with van der Waals surface area (Å²) in [4.78, 5) is 14.0. The van der Waals surface area contributed by atoms with Gasteiger partial charge >= 0.3 is 0 Å². The Morgan fingerprint density at radius 1 is 1.04 bits per heavy atom. The summed E-state index contributed by atoms with van der Waals surface area (Å²) in [5.74, 6) is -1.88. The number of nitrogens with zero attached hydrogens (tertiary/aromatic N) is 2. The van der Waals surface area contributed by atoms with Crippen LogP contribution in [0, 0.1) is 11.6 Å². The third-order valence-electron chi connectivity index (χ3n) is 4.35. The second kappa shape index (κ2) is 8.52. The Kier molecular flexibility index (Phi) is 6.29. The highest BCUT2D eigenvalue weighted by Crippen LogP contribution is 2.20. The monoisotopic (exact) mass is 429 g/mol. The molecule has 150 valence electrons. The van der Waals surface area contributed by atoms with Gasteiger partial charge in [-0.05, 0) is 36.4 Å². The molecular weight excluding hydrogens is 412 g/mol. The third kappa shape index (κ3) is 4.85. The molecule has 6 nitrogen and oxygen atoms in total. The van der Waals surface area contributed by atoms with Gasteiger partial charge in [0, 0.05) is 37.3 Å². The summed E-state index contributed by atoms with van der Waals surface area (Å²) < 4.78 is 53.4. The minimum atomic E-state index is -3.63. The summed E-state index contributed by atoms with van der Waals surface area (Å²) >= 11 is 5.79. The number of rotatable bonds is 5. The lowest BCUT2D eigenvalue weighted by Crippen LogP contribution is -2.50. The van der Waals surface area contributed by atoms with Crippen LogP contribution in [-0.4, -0.2) is 56.3 Å². The van der Waals surface area contributed by atoms with Gasteiger partial charge in [-0.25, -0.2) is 17.2 Å². The van der Waals surface area contributed by atoms with E-state index in [0.717, 1.165) is 18.2 Å². The van der Waals surface area contributed by atoms with Gasteiger partial charge in [0.15, 0.2) is 0 Å². The van der Waals surface area contributed by atoms with E-state index < -0.39 is 27.6 Å².